The molecule has 5 rings (SSSR count). The number of phenols is 1. The Morgan fingerprint density at radius 2 is 1.71 bits per heavy atom. The maximum Gasteiger partial charge on any atom is 0.332 e. The summed E-state index contributed by atoms with van der Waals surface area (Å²) in [7, 11) is 4.42. The van der Waals surface area contributed by atoms with Gasteiger partial charge in [0.25, 0.3) is 5.56 Å². The smallest absolute Gasteiger partial charge is 0.332 e. The van der Waals surface area contributed by atoms with E-state index in [0.29, 0.717) is 28.2 Å². The number of carbonyl (C=O) groups is 1. The number of ketones is 1. The van der Waals surface area contributed by atoms with Crippen LogP contribution in [0, 0.1) is 0 Å². The molecule has 2 heterocycles. The first-order valence-electron chi connectivity index (χ1n) is 9.67. The standard InChI is InChI=1S/C23H19N3O5/c1-25-21-18(22(29)26(2)23(25)30)16(11-8-9-14(27)15(10-11)31-3)17-19(24-21)12-6-4-5-7-13(12)20(17)28/h4-10,16,24,27H,1-3H3. The molecule has 0 saturated carbocycles. The van der Waals surface area contributed by atoms with Crippen molar-refractivity contribution >= 4 is 17.3 Å². The topological polar surface area (TPSA) is 103 Å². The summed E-state index contributed by atoms with van der Waals surface area (Å²) in [5.41, 5.74) is 2.19. The van der Waals surface area contributed by atoms with Gasteiger partial charge in [0.15, 0.2) is 17.3 Å². The molecule has 156 valence electrons. The minimum Gasteiger partial charge on any atom is -0.504 e. The molecule has 2 aliphatic rings. The fraction of sp³-hybridized carbons (Fsp3) is 0.174. The van der Waals surface area contributed by atoms with Gasteiger partial charge < -0.3 is 15.2 Å². The van der Waals surface area contributed by atoms with Crippen molar-refractivity contribution < 1.29 is 14.6 Å². The SMILES string of the molecule is COc1cc(C2C3=C(Nc4c2c(=O)n(C)c(=O)n4C)c2ccccc2C3=O)ccc1O. The molecular weight excluding hydrogens is 398 g/mol. The highest BCUT2D eigenvalue weighted by molar-refractivity contribution is 6.23. The average molecular weight is 417 g/mol. The number of phenolic OH excluding ortho intramolecular Hbond substituents is 1. The molecule has 0 bridgehead atoms. The van der Waals surface area contributed by atoms with Crippen LogP contribution in [0.2, 0.25) is 0 Å². The summed E-state index contributed by atoms with van der Waals surface area (Å²) in [6.45, 7) is 0. The number of anilines is 1. The Morgan fingerprint density at radius 3 is 2.42 bits per heavy atom. The van der Waals surface area contributed by atoms with Crippen LogP contribution in [0.25, 0.3) is 5.70 Å². The van der Waals surface area contributed by atoms with Crippen molar-refractivity contribution in [2.75, 3.05) is 12.4 Å². The molecule has 31 heavy (non-hydrogen) atoms. The number of hydrogen-bond donors (Lipinski definition) is 2. The lowest BCUT2D eigenvalue weighted by Gasteiger charge is -2.29. The zero-order valence-corrected chi connectivity index (χ0v) is 17.1. The van der Waals surface area contributed by atoms with Crippen LogP contribution in [0.3, 0.4) is 0 Å². The predicted molar refractivity (Wildman–Crippen MR) is 115 cm³/mol. The summed E-state index contributed by atoms with van der Waals surface area (Å²) in [6, 6.07) is 11.9. The third-order valence-corrected chi connectivity index (χ3v) is 6.01. The highest BCUT2D eigenvalue weighted by Gasteiger charge is 2.42. The van der Waals surface area contributed by atoms with Gasteiger partial charge >= 0.3 is 5.69 Å². The molecule has 1 aliphatic heterocycles. The van der Waals surface area contributed by atoms with E-state index in [9.17, 15) is 19.5 Å². The molecule has 1 atom stereocenters. The second-order valence-electron chi connectivity index (χ2n) is 7.62. The number of rotatable bonds is 2. The van der Waals surface area contributed by atoms with Gasteiger partial charge in [-0.15, -0.1) is 0 Å². The number of carbonyl (C=O) groups excluding carboxylic acids is 1. The summed E-state index contributed by atoms with van der Waals surface area (Å²) in [6.07, 6.45) is 0. The second-order valence-corrected chi connectivity index (χ2v) is 7.62. The van der Waals surface area contributed by atoms with Crippen LogP contribution < -0.4 is 21.3 Å². The number of fused-ring (bicyclic) bond motifs is 3. The zero-order chi connectivity index (χ0) is 22.0. The molecule has 0 saturated heterocycles. The largest absolute Gasteiger partial charge is 0.504 e. The van der Waals surface area contributed by atoms with Crippen LogP contribution in [0.15, 0.2) is 57.6 Å². The summed E-state index contributed by atoms with van der Waals surface area (Å²) in [4.78, 5) is 39.3. The number of Topliss-reactive ketones (excluding diaryl/α,β-unsaturated/α-hetero) is 1. The maximum absolute atomic E-state index is 13.4. The maximum atomic E-state index is 13.4. The molecule has 1 unspecified atom stereocenters. The van der Waals surface area contributed by atoms with E-state index < -0.39 is 17.2 Å². The first-order chi connectivity index (χ1) is 14.8. The third kappa shape index (κ3) is 2.44. The second kappa shape index (κ2) is 6.46. The fourth-order valence-corrected chi connectivity index (χ4v) is 4.46. The van der Waals surface area contributed by atoms with Crippen molar-refractivity contribution in [3.63, 3.8) is 0 Å². The van der Waals surface area contributed by atoms with Crippen LogP contribution in [0.4, 0.5) is 5.82 Å². The van der Waals surface area contributed by atoms with Gasteiger partial charge in [0.2, 0.25) is 0 Å². The molecule has 0 radical (unpaired) electrons. The summed E-state index contributed by atoms with van der Waals surface area (Å²) in [5.74, 6) is -0.412. The molecule has 0 amide bonds. The molecule has 3 aromatic rings. The molecule has 1 aromatic heterocycles. The molecule has 0 fully saturated rings. The number of ether oxygens (including phenoxy) is 1. The normalized spacial score (nSPS) is 16.5. The van der Waals surface area contributed by atoms with Gasteiger partial charge in [0.1, 0.15) is 5.82 Å². The number of methoxy groups -OCH3 is 1. The lowest BCUT2D eigenvalue weighted by atomic mass is 9.81. The zero-order valence-electron chi connectivity index (χ0n) is 17.1. The van der Waals surface area contributed by atoms with E-state index in [1.165, 1.54) is 24.8 Å². The van der Waals surface area contributed by atoms with Gasteiger partial charge in [-0.25, -0.2) is 4.79 Å². The molecule has 2 aromatic carbocycles. The van der Waals surface area contributed by atoms with Gasteiger partial charge in [-0.2, -0.15) is 0 Å². The number of hydrogen-bond acceptors (Lipinski definition) is 6. The summed E-state index contributed by atoms with van der Waals surface area (Å²) < 4.78 is 7.66. The monoisotopic (exact) mass is 417 g/mol. The Balaban J connectivity index is 1.89. The number of aromatic nitrogens is 2. The van der Waals surface area contributed by atoms with Crippen molar-refractivity contribution in [2.24, 2.45) is 14.1 Å². The van der Waals surface area contributed by atoms with E-state index in [2.05, 4.69) is 5.32 Å². The van der Waals surface area contributed by atoms with Gasteiger partial charge in [0.05, 0.1) is 18.4 Å². The molecule has 2 N–H and O–H groups in total. The van der Waals surface area contributed by atoms with Gasteiger partial charge in [-0.1, -0.05) is 30.3 Å². The van der Waals surface area contributed by atoms with Crippen molar-refractivity contribution in [1.82, 2.24) is 9.13 Å². The van der Waals surface area contributed by atoms with Crippen LogP contribution in [-0.4, -0.2) is 27.1 Å². The molecule has 8 nitrogen and oxygen atoms in total. The van der Waals surface area contributed by atoms with Crippen molar-refractivity contribution in [1.29, 1.82) is 0 Å². The Bertz CT molecular complexity index is 1440. The molecular formula is C23H19N3O5. The quantitative estimate of drug-likeness (QED) is 0.661. The Labute approximate surface area is 176 Å². The van der Waals surface area contributed by atoms with E-state index in [-0.39, 0.29) is 22.8 Å². The third-order valence-electron chi connectivity index (χ3n) is 6.01. The first kappa shape index (κ1) is 18.9. The predicted octanol–water partition coefficient (Wildman–Crippen LogP) is 1.96. The lowest BCUT2D eigenvalue weighted by Crippen LogP contribution is -2.42. The average Bonchev–Trinajstić information content (AvgIpc) is 3.07. The van der Waals surface area contributed by atoms with Gasteiger partial charge in [-0.05, 0) is 17.7 Å². The van der Waals surface area contributed by atoms with Crippen LogP contribution in [0.5, 0.6) is 11.5 Å². The van der Waals surface area contributed by atoms with Crippen LogP contribution >= 0.6 is 0 Å². The summed E-state index contributed by atoms with van der Waals surface area (Å²) >= 11 is 0. The van der Waals surface area contributed by atoms with E-state index in [4.69, 9.17) is 4.74 Å². The van der Waals surface area contributed by atoms with Crippen molar-refractivity contribution in [3.05, 3.63) is 91.1 Å². The summed E-state index contributed by atoms with van der Waals surface area (Å²) in [5, 5.41) is 13.3. The van der Waals surface area contributed by atoms with Crippen LogP contribution in [-0.2, 0) is 14.1 Å². The minimum atomic E-state index is -0.744. The molecule has 8 heteroatoms. The Kier molecular flexibility index (Phi) is 3.95. The highest BCUT2D eigenvalue weighted by Crippen LogP contribution is 2.48. The fourth-order valence-electron chi connectivity index (χ4n) is 4.46. The number of nitrogens with one attached hydrogen (secondary N) is 1. The molecule has 1 aliphatic carbocycles. The Morgan fingerprint density at radius 1 is 1.00 bits per heavy atom. The highest BCUT2D eigenvalue weighted by atomic mass is 16.5. The first-order valence-corrected chi connectivity index (χ1v) is 9.67. The van der Waals surface area contributed by atoms with Gasteiger partial charge in [0, 0.05) is 36.7 Å². The number of benzene rings is 2. The van der Waals surface area contributed by atoms with Crippen molar-refractivity contribution in [2.45, 2.75) is 5.92 Å². The minimum absolute atomic E-state index is 0.0518. The van der Waals surface area contributed by atoms with E-state index in [1.54, 1.807) is 31.3 Å². The van der Waals surface area contributed by atoms with E-state index in [0.717, 1.165) is 10.1 Å². The van der Waals surface area contributed by atoms with Crippen molar-refractivity contribution in [3.8, 4) is 11.5 Å². The Hall–Kier alpha value is -4.07. The number of nitrogens with zero attached hydrogens (tertiary/aromatic N) is 2. The molecule has 0 spiro atoms. The van der Waals surface area contributed by atoms with Gasteiger partial charge in [-0.3, -0.25) is 18.7 Å². The number of allylic oxidation sites excluding steroid dienone is 1. The van der Waals surface area contributed by atoms with E-state index in [1.807, 2.05) is 12.1 Å². The van der Waals surface area contributed by atoms with Crippen LogP contribution in [0.1, 0.15) is 33.0 Å². The lowest BCUT2D eigenvalue weighted by molar-refractivity contribution is 0.103. The number of aromatic hydroxyl groups is 1. The van der Waals surface area contributed by atoms with E-state index >= 15 is 0 Å².